The molecule has 0 amide bonds. The minimum absolute atomic E-state index is 0.132. The second kappa shape index (κ2) is 9.97. The summed E-state index contributed by atoms with van der Waals surface area (Å²) < 4.78 is 5.68. The fourth-order valence-electron chi connectivity index (χ4n) is 3.73. The SMILES string of the molecule is CC(C)Oc1ccc(NC(=S)N[C@H](C)c2ccc(N3CCC[C@H](C)C3)cc2)cc1. The van der Waals surface area contributed by atoms with Gasteiger partial charge in [-0.3, -0.25) is 0 Å². The molecule has 1 saturated heterocycles. The van der Waals surface area contributed by atoms with E-state index in [4.69, 9.17) is 17.0 Å². The summed E-state index contributed by atoms with van der Waals surface area (Å²) in [5, 5.41) is 7.24. The molecule has 0 aromatic heterocycles. The van der Waals surface area contributed by atoms with Gasteiger partial charge >= 0.3 is 0 Å². The Morgan fingerprint density at radius 3 is 2.38 bits per heavy atom. The highest BCUT2D eigenvalue weighted by molar-refractivity contribution is 7.80. The molecular weight excluding hydrogens is 378 g/mol. The van der Waals surface area contributed by atoms with Crippen molar-refractivity contribution in [2.75, 3.05) is 23.3 Å². The summed E-state index contributed by atoms with van der Waals surface area (Å²) in [5.74, 6) is 1.64. The standard InChI is InChI=1S/C24H33N3OS/c1-17(2)28-23-13-9-21(10-14-23)26-24(29)25-19(4)20-7-11-22(12-8-20)27-15-5-6-18(3)16-27/h7-14,17-19H,5-6,15-16H2,1-4H3,(H2,25,26,29)/t18-,19+/m0/s1. The van der Waals surface area contributed by atoms with Crippen LogP contribution in [0.3, 0.4) is 0 Å². The van der Waals surface area contributed by atoms with Crippen LogP contribution in [0.5, 0.6) is 5.75 Å². The highest BCUT2D eigenvalue weighted by atomic mass is 32.1. The van der Waals surface area contributed by atoms with Gasteiger partial charge in [0.1, 0.15) is 5.75 Å². The molecule has 0 unspecified atom stereocenters. The summed E-state index contributed by atoms with van der Waals surface area (Å²) in [7, 11) is 0. The van der Waals surface area contributed by atoms with Crippen LogP contribution in [0.2, 0.25) is 0 Å². The second-order valence-corrected chi connectivity index (χ2v) is 8.70. The largest absolute Gasteiger partial charge is 0.491 e. The normalized spacial score (nSPS) is 17.7. The van der Waals surface area contributed by atoms with Crippen molar-refractivity contribution < 1.29 is 4.74 Å². The summed E-state index contributed by atoms with van der Waals surface area (Å²) in [6, 6.07) is 16.9. The Kier molecular flexibility index (Phi) is 7.37. The van der Waals surface area contributed by atoms with E-state index >= 15 is 0 Å². The van der Waals surface area contributed by atoms with Gasteiger partial charge in [0.05, 0.1) is 12.1 Å². The Hall–Kier alpha value is -2.27. The van der Waals surface area contributed by atoms with Gasteiger partial charge in [-0.25, -0.2) is 0 Å². The number of nitrogens with zero attached hydrogens (tertiary/aromatic N) is 1. The monoisotopic (exact) mass is 411 g/mol. The van der Waals surface area contributed by atoms with Crippen LogP contribution in [0.25, 0.3) is 0 Å². The van der Waals surface area contributed by atoms with Gasteiger partial charge in [0.15, 0.2) is 5.11 Å². The molecule has 5 heteroatoms. The summed E-state index contributed by atoms with van der Waals surface area (Å²) in [6.45, 7) is 10.8. The lowest BCUT2D eigenvalue weighted by Crippen LogP contribution is -2.34. The smallest absolute Gasteiger partial charge is 0.171 e. The zero-order chi connectivity index (χ0) is 20.8. The molecule has 0 bridgehead atoms. The molecule has 0 saturated carbocycles. The lowest BCUT2D eigenvalue weighted by atomic mass is 9.99. The lowest BCUT2D eigenvalue weighted by molar-refractivity contribution is 0.242. The number of anilines is 2. The number of hydrogen-bond acceptors (Lipinski definition) is 3. The Bertz CT molecular complexity index is 789. The molecule has 0 aliphatic carbocycles. The maximum atomic E-state index is 5.68. The zero-order valence-corrected chi connectivity index (χ0v) is 18.8. The van der Waals surface area contributed by atoms with Crippen LogP contribution in [-0.2, 0) is 0 Å². The second-order valence-electron chi connectivity index (χ2n) is 8.30. The molecule has 2 atom stereocenters. The topological polar surface area (TPSA) is 36.5 Å². The molecule has 0 spiro atoms. The highest BCUT2D eigenvalue weighted by Crippen LogP contribution is 2.25. The predicted molar refractivity (Wildman–Crippen MR) is 127 cm³/mol. The average molecular weight is 412 g/mol. The van der Waals surface area contributed by atoms with Gasteiger partial charge in [0.2, 0.25) is 0 Å². The van der Waals surface area contributed by atoms with Crippen LogP contribution < -0.4 is 20.3 Å². The number of hydrogen-bond donors (Lipinski definition) is 2. The molecular formula is C24H33N3OS. The maximum Gasteiger partial charge on any atom is 0.171 e. The fourth-order valence-corrected chi connectivity index (χ4v) is 4.03. The molecule has 4 nitrogen and oxygen atoms in total. The van der Waals surface area contributed by atoms with Crippen LogP contribution in [-0.4, -0.2) is 24.3 Å². The molecule has 156 valence electrons. The van der Waals surface area contributed by atoms with E-state index in [0.717, 1.165) is 30.4 Å². The first-order valence-corrected chi connectivity index (χ1v) is 11.0. The Morgan fingerprint density at radius 2 is 1.76 bits per heavy atom. The predicted octanol–water partition coefficient (Wildman–Crippen LogP) is 5.76. The van der Waals surface area contributed by atoms with Crippen molar-refractivity contribution in [3.8, 4) is 5.75 Å². The van der Waals surface area contributed by atoms with Crippen LogP contribution in [0.15, 0.2) is 48.5 Å². The van der Waals surface area contributed by atoms with E-state index < -0.39 is 0 Å². The first-order chi connectivity index (χ1) is 13.9. The van der Waals surface area contributed by atoms with E-state index in [2.05, 4.69) is 53.6 Å². The zero-order valence-electron chi connectivity index (χ0n) is 17.9. The molecule has 2 aromatic carbocycles. The quantitative estimate of drug-likeness (QED) is 0.591. The van der Waals surface area contributed by atoms with Gasteiger partial charge in [-0.15, -0.1) is 0 Å². The van der Waals surface area contributed by atoms with Crippen molar-refractivity contribution in [3.63, 3.8) is 0 Å². The van der Waals surface area contributed by atoms with E-state index in [-0.39, 0.29) is 12.1 Å². The molecule has 1 aliphatic rings. The summed E-state index contributed by atoms with van der Waals surface area (Å²) in [6.07, 6.45) is 2.79. The molecule has 1 fully saturated rings. The van der Waals surface area contributed by atoms with Crippen molar-refractivity contribution in [1.82, 2.24) is 5.32 Å². The van der Waals surface area contributed by atoms with E-state index in [1.54, 1.807) is 0 Å². The summed E-state index contributed by atoms with van der Waals surface area (Å²) in [4.78, 5) is 2.49. The van der Waals surface area contributed by atoms with Gasteiger partial charge in [0, 0.05) is 24.5 Å². The summed E-state index contributed by atoms with van der Waals surface area (Å²) in [5.41, 5.74) is 3.49. The summed E-state index contributed by atoms with van der Waals surface area (Å²) >= 11 is 5.49. The number of ether oxygens (including phenoxy) is 1. The van der Waals surface area contributed by atoms with E-state index in [1.165, 1.54) is 24.1 Å². The van der Waals surface area contributed by atoms with Crippen molar-refractivity contribution in [3.05, 3.63) is 54.1 Å². The molecule has 1 heterocycles. The highest BCUT2D eigenvalue weighted by Gasteiger charge is 2.17. The Balaban J connectivity index is 1.52. The molecule has 3 rings (SSSR count). The van der Waals surface area contributed by atoms with Gasteiger partial charge in [-0.2, -0.15) is 0 Å². The van der Waals surface area contributed by atoms with Gasteiger partial charge in [-0.1, -0.05) is 19.1 Å². The van der Waals surface area contributed by atoms with E-state index in [9.17, 15) is 0 Å². The third kappa shape index (κ3) is 6.36. The first-order valence-electron chi connectivity index (χ1n) is 10.6. The number of benzene rings is 2. The van der Waals surface area contributed by atoms with Crippen molar-refractivity contribution >= 4 is 28.7 Å². The third-order valence-corrected chi connectivity index (χ3v) is 5.47. The number of nitrogens with one attached hydrogen (secondary N) is 2. The van der Waals surface area contributed by atoms with E-state index in [1.807, 2.05) is 38.1 Å². The van der Waals surface area contributed by atoms with Crippen LogP contribution >= 0.6 is 12.2 Å². The Labute approximate surface area is 180 Å². The first kappa shape index (κ1) is 21.4. The maximum absolute atomic E-state index is 5.68. The van der Waals surface area contributed by atoms with Crippen molar-refractivity contribution in [2.45, 2.75) is 52.7 Å². The molecule has 2 N–H and O–H groups in total. The molecule has 29 heavy (non-hydrogen) atoms. The number of piperidine rings is 1. The van der Waals surface area contributed by atoms with Crippen LogP contribution in [0.1, 0.15) is 52.1 Å². The van der Waals surface area contributed by atoms with Gasteiger partial charge in [-0.05, 0) is 93.7 Å². The Morgan fingerprint density at radius 1 is 1.07 bits per heavy atom. The average Bonchev–Trinajstić information content (AvgIpc) is 2.69. The lowest BCUT2D eigenvalue weighted by Gasteiger charge is -2.33. The number of thiocarbonyl (C=S) groups is 1. The number of rotatable bonds is 6. The molecule has 0 radical (unpaired) electrons. The molecule has 1 aliphatic heterocycles. The van der Waals surface area contributed by atoms with Gasteiger partial charge in [0.25, 0.3) is 0 Å². The van der Waals surface area contributed by atoms with Gasteiger partial charge < -0.3 is 20.3 Å². The van der Waals surface area contributed by atoms with Crippen LogP contribution in [0, 0.1) is 5.92 Å². The van der Waals surface area contributed by atoms with E-state index in [0.29, 0.717) is 5.11 Å². The van der Waals surface area contributed by atoms with Crippen molar-refractivity contribution in [1.29, 1.82) is 0 Å². The van der Waals surface area contributed by atoms with Crippen LogP contribution in [0.4, 0.5) is 11.4 Å². The van der Waals surface area contributed by atoms with Crippen molar-refractivity contribution in [2.24, 2.45) is 5.92 Å². The molecule has 2 aromatic rings. The fraction of sp³-hybridized carbons (Fsp3) is 0.458. The minimum atomic E-state index is 0.132. The third-order valence-electron chi connectivity index (χ3n) is 5.25. The minimum Gasteiger partial charge on any atom is -0.491 e.